The summed E-state index contributed by atoms with van der Waals surface area (Å²) in [5, 5.41) is 2.20. The molecule has 0 saturated carbocycles. The van der Waals surface area contributed by atoms with Gasteiger partial charge in [-0.3, -0.25) is 0 Å². The second kappa shape index (κ2) is 3.51. The first-order chi connectivity index (χ1) is 7.38. The van der Waals surface area contributed by atoms with Crippen LogP contribution in [-0.4, -0.2) is 25.2 Å². The quantitative estimate of drug-likeness (QED) is 0.729. The third kappa shape index (κ3) is 1.43. The Morgan fingerprint density at radius 3 is 2.93 bits per heavy atom. The Morgan fingerprint density at radius 1 is 1.40 bits per heavy atom. The van der Waals surface area contributed by atoms with Crippen LogP contribution in [0.3, 0.4) is 0 Å². The van der Waals surface area contributed by atoms with Crippen molar-refractivity contribution in [3.05, 3.63) is 29.8 Å². The van der Waals surface area contributed by atoms with Crippen molar-refractivity contribution in [2.45, 2.75) is 12.5 Å². The topological polar surface area (TPSA) is 26.6 Å². The highest BCUT2D eigenvalue weighted by Gasteiger charge is 2.40. The molecule has 2 bridgehead atoms. The van der Waals surface area contributed by atoms with Crippen LogP contribution in [0.1, 0.15) is 18.0 Å². The van der Waals surface area contributed by atoms with Crippen LogP contribution in [-0.2, 0) is 0 Å². The molecule has 0 aromatic heterocycles. The van der Waals surface area contributed by atoms with Gasteiger partial charge in [0.1, 0.15) is 5.75 Å². The van der Waals surface area contributed by atoms with Crippen molar-refractivity contribution in [1.29, 1.82) is 0 Å². The summed E-state index contributed by atoms with van der Waals surface area (Å²) in [5.41, 5.74) is 5.93. The van der Waals surface area contributed by atoms with Gasteiger partial charge in [0.25, 0.3) is 0 Å². The van der Waals surface area contributed by atoms with E-state index in [1.807, 2.05) is 12.1 Å². The van der Waals surface area contributed by atoms with Gasteiger partial charge in [-0.2, -0.15) is 5.43 Å². The van der Waals surface area contributed by atoms with Gasteiger partial charge in [-0.25, -0.2) is 5.01 Å². The smallest absolute Gasteiger partial charge is 0.123 e. The Balaban J connectivity index is 1.92. The first-order valence-corrected chi connectivity index (χ1v) is 5.47. The second-order valence-electron chi connectivity index (χ2n) is 4.26. The van der Waals surface area contributed by atoms with Crippen molar-refractivity contribution in [3.8, 4) is 5.75 Å². The van der Waals surface area contributed by atoms with Crippen LogP contribution in [0.2, 0.25) is 0 Å². The van der Waals surface area contributed by atoms with E-state index in [0.29, 0.717) is 12.0 Å². The van der Waals surface area contributed by atoms with Gasteiger partial charge in [-0.05, 0) is 18.4 Å². The van der Waals surface area contributed by atoms with Gasteiger partial charge >= 0.3 is 0 Å². The molecule has 3 unspecified atom stereocenters. The third-order valence-corrected chi connectivity index (χ3v) is 3.40. The standard InChI is InChI=1S/C12H15N2O/c1-15-11-5-3-2-4-10(11)12-9-6-7-14(8-9)13-12/h2-5,9,12H,6-8H2,1H3. The zero-order chi connectivity index (χ0) is 10.3. The summed E-state index contributed by atoms with van der Waals surface area (Å²) >= 11 is 0. The Bertz CT molecular complexity index is 366. The first kappa shape index (κ1) is 9.19. The monoisotopic (exact) mass is 203 g/mol. The molecule has 0 aliphatic carbocycles. The maximum atomic E-state index is 5.39. The van der Waals surface area contributed by atoms with Gasteiger partial charge in [-0.1, -0.05) is 18.2 Å². The van der Waals surface area contributed by atoms with E-state index in [4.69, 9.17) is 4.74 Å². The van der Waals surface area contributed by atoms with Crippen molar-refractivity contribution in [2.75, 3.05) is 20.2 Å². The minimum absolute atomic E-state index is 0.329. The molecule has 79 valence electrons. The molecule has 1 aromatic carbocycles. The van der Waals surface area contributed by atoms with Crippen molar-refractivity contribution in [1.82, 2.24) is 10.4 Å². The third-order valence-electron chi connectivity index (χ3n) is 3.40. The molecule has 1 aromatic rings. The van der Waals surface area contributed by atoms with Gasteiger partial charge in [0, 0.05) is 18.7 Å². The fourth-order valence-corrected chi connectivity index (χ4v) is 2.63. The zero-order valence-corrected chi connectivity index (χ0v) is 8.89. The maximum Gasteiger partial charge on any atom is 0.123 e. The molecule has 3 atom stereocenters. The molecular weight excluding hydrogens is 188 g/mol. The van der Waals surface area contributed by atoms with E-state index in [2.05, 4.69) is 22.6 Å². The van der Waals surface area contributed by atoms with E-state index in [0.717, 1.165) is 18.8 Å². The Morgan fingerprint density at radius 2 is 2.27 bits per heavy atom. The van der Waals surface area contributed by atoms with Gasteiger partial charge in [0.2, 0.25) is 0 Å². The second-order valence-corrected chi connectivity index (χ2v) is 4.26. The summed E-state index contributed by atoms with van der Waals surface area (Å²) in [6, 6.07) is 8.56. The molecule has 15 heavy (non-hydrogen) atoms. The van der Waals surface area contributed by atoms with Crippen LogP contribution < -0.4 is 10.2 Å². The van der Waals surface area contributed by atoms with E-state index < -0.39 is 0 Å². The lowest BCUT2D eigenvalue weighted by molar-refractivity contribution is 0.217. The van der Waals surface area contributed by atoms with Crippen LogP contribution in [0.4, 0.5) is 0 Å². The summed E-state index contributed by atoms with van der Waals surface area (Å²) in [4.78, 5) is 0. The van der Waals surface area contributed by atoms with E-state index in [-0.39, 0.29) is 0 Å². The molecule has 2 fully saturated rings. The molecule has 2 saturated heterocycles. The number of para-hydroxylation sites is 1. The molecule has 2 aliphatic heterocycles. The van der Waals surface area contributed by atoms with Crippen molar-refractivity contribution in [2.24, 2.45) is 5.92 Å². The van der Waals surface area contributed by atoms with Crippen LogP contribution in [0.25, 0.3) is 0 Å². The van der Waals surface area contributed by atoms with Gasteiger partial charge in [-0.15, -0.1) is 0 Å². The number of rotatable bonds is 2. The lowest BCUT2D eigenvalue weighted by Crippen LogP contribution is -2.28. The van der Waals surface area contributed by atoms with Crippen LogP contribution in [0.15, 0.2) is 24.3 Å². The molecule has 2 heterocycles. The van der Waals surface area contributed by atoms with E-state index in [1.54, 1.807) is 7.11 Å². The molecule has 0 spiro atoms. The number of hydrogen-bond acceptors (Lipinski definition) is 2. The Kier molecular flexibility index (Phi) is 2.15. The fraction of sp³-hybridized carbons (Fsp3) is 0.500. The van der Waals surface area contributed by atoms with E-state index in [9.17, 15) is 0 Å². The summed E-state index contributed by atoms with van der Waals surface area (Å²) in [5.74, 6) is 1.67. The number of nitrogens with zero attached hydrogens (tertiary/aromatic N) is 2. The SMILES string of the molecule is COc1ccccc1C1[N]N2CCC1C2. The Hall–Kier alpha value is -1.06. The zero-order valence-electron chi connectivity index (χ0n) is 8.89. The highest BCUT2D eigenvalue weighted by Crippen LogP contribution is 2.40. The minimum Gasteiger partial charge on any atom is -0.496 e. The fourth-order valence-electron chi connectivity index (χ4n) is 2.63. The minimum atomic E-state index is 0.329. The molecule has 2 aliphatic rings. The predicted molar refractivity (Wildman–Crippen MR) is 57.5 cm³/mol. The molecular formula is C12H15N2O. The number of benzene rings is 1. The highest BCUT2D eigenvalue weighted by molar-refractivity contribution is 5.37. The van der Waals surface area contributed by atoms with Crippen LogP contribution in [0, 0.1) is 5.92 Å². The summed E-state index contributed by atoms with van der Waals surface area (Å²) in [7, 11) is 1.73. The van der Waals surface area contributed by atoms with Crippen molar-refractivity contribution in [3.63, 3.8) is 0 Å². The largest absolute Gasteiger partial charge is 0.496 e. The molecule has 3 rings (SSSR count). The molecule has 0 amide bonds. The lowest BCUT2D eigenvalue weighted by Gasteiger charge is -2.23. The number of ether oxygens (including phenoxy) is 1. The van der Waals surface area contributed by atoms with E-state index >= 15 is 0 Å². The molecule has 1 radical (unpaired) electrons. The highest BCUT2D eigenvalue weighted by atomic mass is 16.5. The van der Waals surface area contributed by atoms with Crippen LogP contribution >= 0.6 is 0 Å². The van der Waals surface area contributed by atoms with Crippen molar-refractivity contribution < 1.29 is 4.74 Å². The first-order valence-electron chi connectivity index (χ1n) is 5.47. The number of fused-ring (bicyclic) bond motifs is 2. The molecule has 0 N–H and O–H groups in total. The number of hydrogen-bond donors (Lipinski definition) is 0. The summed E-state index contributed by atoms with van der Waals surface area (Å²) in [6.45, 7) is 2.26. The van der Waals surface area contributed by atoms with Crippen LogP contribution in [0.5, 0.6) is 5.75 Å². The maximum absolute atomic E-state index is 5.39. The van der Waals surface area contributed by atoms with Gasteiger partial charge in [0.15, 0.2) is 0 Å². The lowest BCUT2D eigenvalue weighted by atomic mass is 9.93. The van der Waals surface area contributed by atoms with Gasteiger partial charge in [0.05, 0.1) is 13.2 Å². The van der Waals surface area contributed by atoms with E-state index in [1.165, 1.54) is 12.0 Å². The summed E-state index contributed by atoms with van der Waals surface area (Å²) < 4.78 is 5.39. The average Bonchev–Trinajstić information content (AvgIpc) is 2.90. The molecule has 3 nitrogen and oxygen atoms in total. The molecule has 3 heteroatoms. The number of methoxy groups -OCH3 is 1. The van der Waals surface area contributed by atoms with Crippen molar-refractivity contribution >= 4 is 0 Å². The normalized spacial score (nSPS) is 33.3. The predicted octanol–water partition coefficient (Wildman–Crippen LogP) is 1.59. The Labute approximate surface area is 90.0 Å². The average molecular weight is 203 g/mol. The van der Waals surface area contributed by atoms with Gasteiger partial charge < -0.3 is 4.74 Å². The summed E-state index contributed by atoms with van der Waals surface area (Å²) in [6.07, 6.45) is 1.27.